The van der Waals surface area contributed by atoms with Crippen LogP contribution in [0.1, 0.15) is 12.8 Å². The number of hydrogen-bond acceptors (Lipinski definition) is 4. The standard InChI is InChI=1S/C9H13F3N2O2/c10-9(11,12)7(15)16-14-3-1-8(2-4-14)5-13-6-8/h13H,1-6H2. The smallest absolute Gasteiger partial charge is 0.361 e. The van der Waals surface area contributed by atoms with Crippen LogP contribution < -0.4 is 5.32 Å². The molecule has 0 aliphatic carbocycles. The predicted molar refractivity (Wildman–Crippen MR) is 48.3 cm³/mol. The summed E-state index contributed by atoms with van der Waals surface area (Å²) < 4.78 is 35.8. The third-order valence-corrected chi connectivity index (χ3v) is 3.23. The quantitative estimate of drug-likeness (QED) is 0.730. The van der Waals surface area contributed by atoms with Crippen molar-refractivity contribution in [3.63, 3.8) is 0 Å². The SMILES string of the molecule is O=C(ON1CCC2(CC1)CNC2)C(F)(F)F. The molecule has 1 N–H and O–H groups in total. The molecule has 0 radical (unpaired) electrons. The number of carbonyl (C=O) groups excluding carboxylic acids is 1. The summed E-state index contributed by atoms with van der Waals surface area (Å²) in [6.07, 6.45) is -3.37. The van der Waals surface area contributed by atoms with E-state index in [9.17, 15) is 18.0 Å². The van der Waals surface area contributed by atoms with Crippen LogP contribution in [0.3, 0.4) is 0 Å². The first-order valence-corrected chi connectivity index (χ1v) is 5.16. The van der Waals surface area contributed by atoms with Gasteiger partial charge in [0, 0.05) is 26.2 Å². The molecule has 2 aliphatic heterocycles. The van der Waals surface area contributed by atoms with E-state index in [4.69, 9.17) is 0 Å². The van der Waals surface area contributed by atoms with E-state index in [1.165, 1.54) is 0 Å². The minimum Gasteiger partial charge on any atom is -0.361 e. The summed E-state index contributed by atoms with van der Waals surface area (Å²) in [6.45, 7) is 2.58. The van der Waals surface area contributed by atoms with Crippen LogP contribution in [-0.4, -0.2) is 43.4 Å². The van der Waals surface area contributed by atoms with Crippen LogP contribution in [0.2, 0.25) is 0 Å². The zero-order valence-electron chi connectivity index (χ0n) is 8.64. The highest BCUT2D eigenvalue weighted by molar-refractivity contribution is 5.75. The third-order valence-electron chi connectivity index (χ3n) is 3.23. The van der Waals surface area contributed by atoms with E-state index in [0.29, 0.717) is 13.1 Å². The van der Waals surface area contributed by atoms with Crippen molar-refractivity contribution in [2.75, 3.05) is 26.2 Å². The Kier molecular flexibility index (Phi) is 2.83. The number of rotatable bonds is 1. The molecule has 0 bridgehead atoms. The lowest BCUT2D eigenvalue weighted by Gasteiger charge is -2.47. The fraction of sp³-hybridized carbons (Fsp3) is 0.889. The number of piperidine rings is 1. The Labute approximate surface area is 90.7 Å². The second-order valence-corrected chi connectivity index (χ2v) is 4.41. The first-order valence-electron chi connectivity index (χ1n) is 5.16. The van der Waals surface area contributed by atoms with Crippen LogP contribution in [0.4, 0.5) is 13.2 Å². The van der Waals surface area contributed by atoms with Crippen LogP contribution in [-0.2, 0) is 9.63 Å². The van der Waals surface area contributed by atoms with Crippen LogP contribution >= 0.6 is 0 Å². The molecule has 0 unspecified atom stereocenters. The molecule has 0 atom stereocenters. The first kappa shape index (κ1) is 11.7. The first-order chi connectivity index (χ1) is 7.41. The Morgan fingerprint density at radius 3 is 2.19 bits per heavy atom. The van der Waals surface area contributed by atoms with Crippen molar-refractivity contribution in [2.45, 2.75) is 19.0 Å². The highest BCUT2D eigenvalue weighted by Crippen LogP contribution is 2.35. The van der Waals surface area contributed by atoms with Crippen molar-refractivity contribution in [3.05, 3.63) is 0 Å². The molecule has 2 heterocycles. The van der Waals surface area contributed by atoms with E-state index in [1.807, 2.05) is 0 Å². The number of carbonyl (C=O) groups is 1. The van der Waals surface area contributed by atoms with Gasteiger partial charge in [-0.15, -0.1) is 5.06 Å². The molecule has 0 aromatic heterocycles. The molecule has 2 fully saturated rings. The Morgan fingerprint density at radius 1 is 1.25 bits per heavy atom. The van der Waals surface area contributed by atoms with Crippen LogP contribution in [0.5, 0.6) is 0 Å². The van der Waals surface area contributed by atoms with Crippen LogP contribution in [0, 0.1) is 5.41 Å². The van der Waals surface area contributed by atoms with Gasteiger partial charge in [-0.25, -0.2) is 4.79 Å². The van der Waals surface area contributed by atoms with Crippen LogP contribution in [0.25, 0.3) is 0 Å². The lowest BCUT2D eigenvalue weighted by atomic mass is 9.74. The minimum absolute atomic E-state index is 0.223. The van der Waals surface area contributed by atoms with Gasteiger partial charge in [-0.2, -0.15) is 13.2 Å². The van der Waals surface area contributed by atoms with E-state index in [-0.39, 0.29) is 5.41 Å². The summed E-state index contributed by atoms with van der Waals surface area (Å²) in [4.78, 5) is 14.8. The molecular weight excluding hydrogens is 225 g/mol. The highest BCUT2D eigenvalue weighted by Gasteiger charge is 2.45. The number of alkyl halides is 3. The van der Waals surface area contributed by atoms with Crippen molar-refractivity contribution in [3.8, 4) is 0 Å². The van der Waals surface area contributed by atoms with Gasteiger partial charge in [0.2, 0.25) is 0 Å². The predicted octanol–water partition coefficient (Wildman–Crippen LogP) is 0.692. The van der Waals surface area contributed by atoms with E-state index >= 15 is 0 Å². The van der Waals surface area contributed by atoms with Crippen molar-refractivity contribution >= 4 is 5.97 Å². The van der Waals surface area contributed by atoms with Crippen LogP contribution in [0.15, 0.2) is 0 Å². The third kappa shape index (κ3) is 2.30. The minimum atomic E-state index is -4.91. The van der Waals surface area contributed by atoms with Crippen molar-refractivity contribution < 1.29 is 22.8 Å². The zero-order valence-corrected chi connectivity index (χ0v) is 8.64. The largest absolute Gasteiger partial charge is 0.492 e. The summed E-state index contributed by atoms with van der Waals surface area (Å²) in [5.74, 6) is -2.13. The van der Waals surface area contributed by atoms with Crippen molar-refractivity contribution in [2.24, 2.45) is 5.41 Å². The summed E-state index contributed by atoms with van der Waals surface area (Å²) in [5, 5.41) is 4.26. The lowest BCUT2D eigenvalue weighted by molar-refractivity contribution is -0.245. The fourth-order valence-electron chi connectivity index (χ4n) is 2.05. The van der Waals surface area contributed by atoms with Crippen molar-refractivity contribution in [1.82, 2.24) is 10.4 Å². The molecule has 16 heavy (non-hydrogen) atoms. The maximum absolute atomic E-state index is 11.9. The van der Waals surface area contributed by atoms with Gasteiger partial charge in [0.25, 0.3) is 0 Å². The molecule has 4 nitrogen and oxygen atoms in total. The average molecular weight is 238 g/mol. The summed E-state index contributed by atoms with van der Waals surface area (Å²) in [7, 11) is 0. The number of halogens is 3. The molecule has 0 aromatic rings. The lowest BCUT2D eigenvalue weighted by Crippen LogP contribution is -2.58. The summed E-state index contributed by atoms with van der Waals surface area (Å²) in [6, 6.07) is 0. The van der Waals surface area contributed by atoms with Gasteiger partial charge < -0.3 is 10.2 Å². The normalized spacial score (nSPS) is 25.2. The number of hydrogen-bond donors (Lipinski definition) is 1. The second-order valence-electron chi connectivity index (χ2n) is 4.41. The molecule has 92 valence electrons. The van der Waals surface area contributed by atoms with E-state index < -0.39 is 12.1 Å². The number of hydroxylamine groups is 2. The highest BCUT2D eigenvalue weighted by atomic mass is 19.4. The van der Waals surface area contributed by atoms with Gasteiger partial charge in [-0.3, -0.25) is 0 Å². The Bertz CT molecular complexity index is 279. The van der Waals surface area contributed by atoms with E-state index in [2.05, 4.69) is 10.2 Å². The number of nitrogens with one attached hydrogen (secondary N) is 1. The van der Waals surface area contributed by atoms with Gasteiger partial charge >= 0.3 is 12.1 Å². The Hall–Kier alpha value is -0.820. The molecule has 0 saturated carbocycles. The molecule has 2 rings (SSSR count). The number of nitrogens with zero attached hydrogens (tertiary/aromatic N) is 1. The fourth-order valence-corrected chi connectivity index (χ4v) is 2.05. The van der Waals surface area contributed by atoms with Gasteiger partial charge in [0.1, 0.15) is 0 Å². The molecule has 7 heteroatoms. The van der Waals surface area contributed by atoms with Gasteiger partial charge in [-0.1, -0.05) is 0 Å². The zero-order chi connectivity index (χ0) is 11.8. The van der Waals surface area contributed by atoms with E-state index in [0.717, 1.165) is 31.0 Å². The molecule has 0 amide bonds. The molecule has 1 spiro atoms. The topological polar surface area (TPSA) is 41.6 Å². The Balaban J connectivity index is 1.79. The maximum Gasteiger partial charge on any atom is 0.492 e. The second kappa shape index (κ2) is 3.89. The summed E-state index contributed by atoms with van der Waals surface area (Å²) in [5.41, 5.74) is 0.223. The van der Waals surface area contributed by atoms with Gasteiger partial charge in [-0.05, 0) is 18.3 Å². The average Bonchev–Trinajstić information content (AvgIpc) is 2.15. The summed E-state index contributed by atoms with van der Waals surface area (Å²) >= 11 is 0. The Morgan fingerprint density at radius 2 is 1.81 bits per heavy atom. The maximum atomic E-state index is 11.9. The molecule has 0 aromatic carbocycles. The van der Waals surface area contributed by atoms with Crippen molar-refractivity contribution in [1.29, 1.82) is 0 Å². The molecule has 2 saturated heterocycles. The monoisotopic (exact) mass is 238 g/mol. The van der Waals surface area contributed by atoms with Gasteiger partial charge in [0.15, 0.2) is 0 Å². The van der Waals surface area contributed by atoms with Gasteiger partial charge in [0.05, 0.1) is 0 Å². The molecular formula is C9H13F3N2O2. The van der Waals surface area contributed by atoms with E-state index in [1.54, 1.807) is 0 Å². The molecule has 2 aliphatic rings.